The number of unbranched alkanes of at least 4 members (excludes halogenated alkanes) is 1. The van der Waals surface area contributed by atoms with Crippen molar-refractivity contribution in [3.63, 3.8) is 0 Å². The van der Waals surface area contributed by atoms with E-state index in [1.165, 1.54) is 23.1 Å². The van der Waals surface area contributed by atoms with E-state index in [-0.39, 0.29) is 11.7 Å². The van der Waals surface area contributed by atoms with Crippen LogP contribution in [0.1, 0.15) is 37.5 Å². The molecule has 0 atom stereocenters. The summed E-state index contributed by atoms with van der Waals surface area (Å²) < 4.78 is 0. The molecule has 1 amide bonds. The second-order valence-corrected chi connectivity index (χ2v) is 6.36. The Morgan fingerprint density at radius 3 is 2.95 bits per heavy atom. The molecule has 0 aliphatic heterocycles. The Morgan fingerprint density at radius 1 is 1.38 bits per heavy atom. The van der Waals surface area contributed by atoms with E-state index in [0.29, 0.717) is 10.3 Å². The van der Waals surface area contributed by atoms with E-state index < -0.39 is 0 Å². The van der Waals surface area contributed by atoms with Gasteiger partial charge in [0.1, 0.15) is 10.8 Å². The fourth-order valence-electron chi connectivity index (χ4n) is 1.52. The number of aryl methyl sites for hydroxylation is 2. The molecule has 0 aliphatic rings. The van der Waals surface area contributed by atoms with E-state index >= 15 is 0 Å². The molecule has 2 N–H and O–H groups in total. The minimum Gasteiger partial charge on any atom is -0.300 e. The third-order valence-electron chi connectivity index (χ3n) is 2.64. The number of rotatable bonds is 8. The average molecular weight is 326 g/mol. The van der Waals surface area contributed by atoms with Gasteiger partial charge in [-0.1, -0.05) is 43.4 Å². The molecule has 2 rings (SSSR count). The van der Waals surface area contributed by atoms with Crippen LogP contribution in [0.4, 0.5) is 5.13 Å². The van der Waals surface area contributed by atoms with E-state index in [1.54, 1.807) is 0 Å². The van der Waals surface area contributed by atoms with Crippen LogP contribution in [0, 0.1) is 0 Å². The fraction of sp³-hybridized carbons (Fsp3) is 0.583. The van der Waals surface area contributed by atoms with Crippen molar-refractivity contribution in [3.8, 4) is 0 Å². The lowest BCUT2D eigenvalue weighted by Crippen LogP contribution is -2.13. The highest BCUT2D eigenvalue weighted by Crippen LogP contribution is 2.18. The summed E-state index contributed by atoms with van der Waals surface area (Å²) in [5.74, 6) is 0.953. The molecule has 0 unspecified atom stereocenters. The third kappa shape index (κ3) is 5.09. The molecule has 2 aromatic rings. The first-order valence-electron chi connectivity index (χ1n) is 6.87. The summed E-state index contributed by atoms with van der Waals surface area (Å²) in [6, 6.07) is 0. The lowest BCUT2D eigenvalue weighted by molar-refractivity contribution is -0.113. The molecule has 2 aromatic heterocycles. The zero-order valence-electron chi connectivity index (χ0n) is 12.0. The van der Waals surface area contributed by atoms with Gasteiger partial charge in [-0.15, -0.1) is 15.3 Å². The van der Waals surface area contributed by atoms with E-state index in [1.807, 2.05) is 6.92 Å². The zero-order chi connectivity index (χ0) is 15.1. The molecular weight excluding hydrogens is 308 g/mol. The topological polar surface area (TPSA) is 96.5 Å². The van der Waals surface area contributed by atoms with Gasteiger partial charge in [-0.3, -0.25) is 15.2 Å². The number of nitrogens with one attached hydrogen (secondary N) is 2. The summed E-state index contributed by atoms with van der Waals surface area (Å²) in [4.78, 5) is 16.1. The van der Waals surface area contributed by atoms with Crippen LogP contribution in [0.5, 0.6) is 0 Å². The first-order valence-corrected chi connectivity index (χ1v) is 8.67. The minimum atomic E-state index is -0.124. The SMILES string of the molecule is CCCCc1nnc(NC(=O)CSc2n[nH]c(CC)n2)s1. The molecular formula is C12H18N6OS2. The number of amides is 1. The number of carbonyl (C=O) groups excluding carboxylic acids is 1. The van der Waals surface area contributed by atoms with E-state index in [0.717, 1.165) is 36.5 Å². The van der Waals surface area contributed by atoms with Gasteiger partial charge in [-0.05, 0) is 6.42 Å². The van der Waals surface area contributed by atoms with E-state index in [4.69, 9.17) is 0 Å². The molecule has 21 heavy (non-hydrogen) atoms. The van der Waals surface area contributed by atoms with Crippen LogP contribution in [0.15, 0.2) is 5.16 Å². The van der Waals surface area contributed by atoms with Gasteiger partial charge in [0.25, 0.3) is 0 Å². The maximum atomic E-state index is 11.8. The van der Waals surface area contributed by atoms with Gasteiger partial charge >= 0.3 is 0 Å². The first-order chi connectivity index (χ1) is 10.2. The molecule has 0 aliphatic carbocycles. The Morgan fingerprint density at radius 2 is 2.24 bits per heavy atom. The molecule has 0 saturated heterocycles. The van der Waals surface area contributed by atoms with Gasteiger partial charge in [0.15, 0.2) is 0 Å². The zero-order valence-corrected chi connectivity index (χ0v) is 13.7. The van der Waals surface area contributed by atoms with Crippen LogP contribution in [0.25, 0.3) is 0 Å². The van der Waals surface area contributed by atoms with Crippen LogP contribution in [0.2, 0.25) is 0 Å². The predicted molar refractivity (Wildman–Crippen MR) is 83.6 cm³/mol. The Bertz CT molecular complexity index is 582. The van der Waals surface area contributed by atoms with Crippen LogP contribution >= 0.6 is 23.1 Å². The van der Waals surface area contributed by atoms with Gasteiger partial charge < -0.3 is 0 Å². The van der Waals surface area contributed by atoms with Crippen LogP contribution < -0.4 is 5.32 Å². The first kappa shape index (κ1) is 15.9. The number of anilines is 1. The molecule has 0 saturated carbocycles. The Hall–Kier alpha value is -1.48. The van der Waals surface area contributed by atoms with Gasteiger partial charge in [0.2, 0.25) is 16.2 Å². The third-order valence-corrected chi connectivity index (χ3v) is 4.38. The fourth-order valence-corrected chi connectivity index (χ4v) is 2.93. The van der Waals surface area contributed by atoms with Gasteiger partial charge in [-0.25, -0.2) is 4.98 Å². The van der Waals surface area contributed by atoms with Crippen molar-refractivity contribution < 1.29 is 4.79 Å². The molecule has 2 heterocycles. The normalized spacial score (nSPS) is 10.8. The van der Waals surface area contributed by atoms with Crippen molar-refractivity contribution in [3.05, 3.63) is 10.8 Å². The summed E-state index contributed by atoms with van der Waals surface area (Å²) in [6.45, 7) is 4.13. The molecule has 0 bridgehead atoms. The maximum absolute atomic E-state index is 11.8. The lowest BCUT2D eigenvalue weighted by Gasteiger charge is -1.98. The van der Waals surface area contributed by atoms with Crippen LogP contribution in [-0.4, -0.2) is 37.0 Å². The molecule has 7 nitrogen and oxygen atoms in total. The Kier molecular flexibility index (Phi) is 6.12. The van der Waals surface area contributed by atoms with Crippen molar-refractivity contribution >= 4 is 34.1 Å². The smallest absolute Gasteiger partial charge is 0.236 e. The lowest BCUT2D eigenvalue weighted by atomic mass is 10.3. The minimum absolute atomic E-state index is 0.124. The molecule has 114 valence electrons. The summed E-state index contributed by atoms with van der Waals surface area (Å²) in [6.07, 6.45) is 3.91. The molecule has 0 radical (unpaired) electrons. The predicted octanol–water partition coefficient (Wildman–Crippen LogP) is 2.29. The van der Waals surface area contributed by atoms with Gasteiger partial charge in [-0.2, -0.15) is 0 Å². The standard InChI is InChI=1S/C12H18N6OS2/c1-3-5-6-10-16-18-12(21-10)14-9(19)7-20-11-13-8(4-2)15-17-11/h3-7H2,1-2H3,(H,13,15,17)(H,14,18,19). The number of hydrogen-bond acceptors (Lipinski definition) is 7. The Labute approximate surface area is 131 Å². The largest absolute Gasteiger partial charge is 0.300 e. The van der Waals surface area contributed by atoms with Crippen LogP contribution in [0.3, 0.4) is 0 Å². The van der Waals surface area contributed by atoms with Crippen molar-refractivity contribution in [2.24, 2.45) is 0 Å². The summed E-state index contributed by atoms with van der Waals surface area (Å²) in [7, 11) is 0. The van der Waals surface area contributed by atoms with Crippen molar-refractivity contribution in [1.29, 1.82) is 0 Å². The van der Waals surface area contributed by atoms with Gasteiger partial charge in [0.05, 0.1) is 5.75 Å². The molecule has 0 aromatic carbocycles. The van der Waals surface area contributed by atoms with Crippen molar-refractivity contribution in [2.75, 3.05) is 11.1 Å². The molecule has 0 fully saturated rings. The highest BCUT2D eigenvalue weighted by atomic mass is 32.2. The summed E-state index contributed by atoms with van der Waals surface area (Å²) in [5, 5.41) is 19.7. The highest BCUT2D eigenvalue weighted by molar-refractivity contribution is 7.99. The number of hydrogen-bond donors (Lipinski definition) is 2. The van der Waals surface area contributed by atoms with Crippen molar-refractivity contribution in [1.82, 2.24) is 25.4 Å². The number of nitrogens with zero attached hydrogens (tertiary/aromatic N) is 4. The number of aromatic amines is 1. The maximum Gasteiger partial charge on any atom is 0.236 e. The van der Waals surface area contributed by atoms with Gasteiger partial charge in [0, 0.05) is 12.8 Å². The second kappa shape index (κ2) is 8.08. The number of aromatic nitrogens is 5. The van der Waals surface area contributed by atoms with E-state index in [9.17, 15) is 4.79 Å². The summed E-state index contributed by atoms with van der Waals surface area (Å²) >= 11 is 2.73. The monoisotopic (exact) mass is 326 g/mol. The van der Waals surface area contributed by atoms with Crippen molar-refractivity contribution in [2.45, 2.75) is 44.7 Å². The quantitative estimate of drug-likeness (QED) is 0.723. The number of carbonyl (C=O) groups is 1. The molecule has 0 spiro atoms. The number of H-pyrrole nitrogens is 1. The molecule has 9 heteroatoms. The van der Waals surface area contributed by atoms with Crippen LogP contribution in [-0.2, 0) is 17.6 Å². The average Bonchev–Trinajstić information content (AvgIpc) is 3.12. The number of thioether (sulfide) groups is 1. The second-order valence-electron chi connectivity index (χ2n) is 4.36. The highest BCUT2D eigenvalue weighted by Gasteiger charge is 2.10. The Balaban J connectivity index is 1.77. The summed E-state index contributed by atoms with van der Waals surface area (Å²) in [5.41, 5.74) is 0. The van der Waals surface area contributed by atoms with E-state index in [2.05, 4.69) is 37.6 Å².